The van der Waals surface area contributed by atoms with E-state index in [4.69, 9.17) is 0 Å². The molecule has 106 valence electrons. The third-order valence-corrected chi connectivity index (χ3v) is 4.13. The molecule has 1 heterocycles. The number of nitro benzene ring substituents is 1. The SMILES string of the molecule is N#C/C(=C\c1ccc([N+](=O)[O-])cc1)c1nc2ccccc2s1. The number of rotatable bonds is 3. The molecule has 6 heteroatoms. The lowest BCUT2D eigenvalue weighted by molar-refractivity contribution is -0.384. The molecule has 22 heavy (non-hydrogen) atoms. The van der Waals surface area contributed by atoms with Crippen LogP contribution in [0.3, 0.4) is 0 Å². The number of hydrogen-bond donors (Lipinski definition) is 0. The van der Waals surface area contributed by atoms with Crippen molar-refractivity contribution >= 4 is 38.9 Å². The Morgan fingerprint density at radius 3 is 2.59 bits per heavy atom. The highest BCUT2D eigenvalue weighted by atomic mass is 32.1. The van der Waals surface area contributed by atoms with Gasteiger partial charge in [0, 0.05) is 12.1 Å². The molecule has 2 aromatic carbocycles. The van der Waals surface area contributed by atoms with E-state index in [2.05, 4.69) is 11.1 Å². The summed E-state index contributed by atoms with van der Waals surface area (Å²) < 4.78 is 1.02. The van der Waals surface area contributed by atoms with Gasteiger partial charge in [-0.1, -0.05) is 12.1 Å². The number of benzene rings is 2. The average molecular weight is 307 g/mol. The molecule has 0 saturated carbocycles. The Morgan fingerprint density at radius 1 is 1.23 bits per heavy atom. The van der Waals surface area contributed by atoms with Gasteiger partial charge in [-0.3, -0.25) is 10.1 Å². The molecule has 0 aliphatic heterocycles. The number of thiazole rings is 1. The highest BCUT2D eigenvalue weighted by molar-refractivity contribution is 7.19. The first-order chi connectivity index (χ1) is 10.7. The van der Waals surface area contributed by atoms with Gasteiger partial charge in [-0.2, -0.15) is 5.26 Å². The zero-order chi connectivity index (χ0) is 15.5. The van der Waals surface area contributed by atoms with Crippen molar-refractivity contribution in [3.63, 3.8) is 0 Å². The molecular formula is C16H9N3O2S. The van der Waals surface area contributed by atoms with Crippen LogP contribution in [0.5, 0.6) is 0 Å². The molecule has 0 aliphatic rings. The van der Waals surface area contributed by atoms with E-state index in [1.54, 1.807) is 18.2 Å². The molecule has 3 rings (SSSR count). The number of fused-ring (bicyclic) bond motifs is 1. The summed E-state index contributed by atoms with van der Waals surface area (Å²) in [4.78, 5) is 14.6. The lowest BCUT2D eigenvalue weighted by atomic mass is 10.1. The van der Waals surface area contributed by atoms with Crippen molar-refractivity contribution in [2.75, 3.05) is 0 Å². The minimum absolute atomic E-state index is 0.0237. The molecule has 0 N–H and O–H groups in total. The first-order valence-corrected chi connectivity index (χ1v) is 7.21. The first-order valence-electron chi connectivity index (χ1n) is 6.39. The molecule has 0 amide bonds. The number of para-hydroxylation sites is 1. The van der Waals surface area contributed by atoms with Crippen LogP contribution in [-0.2, 0) is 0 Å². The Kier molecular flexibility index (Phi) is 3.64. The maximum Gasteiger partial charge on any atom is 0.269 e. The van der Waals surface area contributed by atoms with Gasteiger partial charge in [-0.25, -0.2) is 4.98 Å². The van der Waals surface area contributed by atoms with Gasteiger partial charge in [0.1, 0.15) is 11.1 Å². The minimum atomic E-state index is -0.452. The highest BCUT2D eigenvalue weighted by Gasteiger charge is 2.09. The maximum absolute atomic E-state index is 10.6. The molecule has 0 aliphatic carbocycles. The Balaban J connectivity index is 1.99. The van der Waals surface area contributed by atoms with Gasteiger partial charge < -0.3 is 0 Å². The zero-order valence-electron chi connectivity index (χ0n) is 11.3. The van der Waals surface area contributed by atoms with Crippen LogP contribution in [0.1, 0.15) is 10.6 Å². The number of nitro groups is 1. The largest absolute Gasteiger partial charge is 0.269 e. The summed E-state index contributed by atoms with van der Waals surface area (Å²) in [5.41, 5.74) is 2.04. The average Bonchev–Trinajstić information content (AvgIpc) is 2.96. The molecule has 0 atom stereocenters. The summed E-state index contributed by atoms with van der Waals surface area (Å²) in [5, 5.41) is 20.6. The van der Waals surface area contributed by atoms with Crippen molar-refractivity contribution in [2.24, 2.45) is 0 Å². The van der Waals surface area contributed by atoms with Crippen LogP contribution >= 0.6 is 11.3 Å². The summed E-state index contributed by atoms with van der Waals surface area (Å²) in [6.45, 7) is 0. The van der Waals surface area contributed by atoms with Crippen molar-refractivity contribution in [1.29, 1.82) is 5.26 Å². The molecule has 0 fully saturated rings. The summed E-state index contributed by atoms with van der Waals surface area (Å²) >= 11 is 1.45. The van der Waals surface area contributed by atoms with E-state index in [0.29, 0.717) is 10.6 Å². The lowest BCUT2D eigenvalue weighted by Crippen LogP contribution is -1.87. The number of aromatic nitrogens is 1. The van der Waals surface area contributed by atoms with Crippen LogP contribution in [0.15, 0.2) is 48.5 Å². The van der Waals surface area contributed by atoms with E-state index in [1.807, 2.05) is 24.3 Å². The second kappa shape index (κ2) is 5.76. The van der Waals surface area contributed by atoms with Gasteiger partial charge in [0.25, 0.3) is 5.69 Å². The minimum Gasteiger partial charge on any atom is -0.258 e. The smallest absolute Gasteiger partial charge is 0.258 e. The van der Waals surface area contributed by atoms with Crippen LogP contribution in [0.4, 0.5) is 5.69 Å². The fourth-order valence-electron chi connectivity index (χ4n) is 1.99. The standard InChI is InChI=1S/C16H9N3O2S/c17-10-12(9-11-5-7-13(8-6-11)19(20)21)16-18-14-3-1-2-4-15(14)22-16/h1-9H/b12-9+. The van der Waals surface area contributed by atoms with Crippen molar-refractivity contribution < 1.29 is 4.92 Å². The Morgan fingerprint density at radius 2 is 1.95 bits per heavy atom. The van der Waals surface area contributed by atoms with Crippen LogP contribution in [0.25, 0.3) is 21.9 Å². The van der Waals surface area contributed by atoms with Gasteiger partial charge in [-0.15, -0.1) is 11.3 Å². The molecule has 0 spiro atoms. The predicted octanol–water partition coefficient (Wildman–Crippen LogP) is 4.27. The second-order valence-electron chi connectivity index (χ2n) is 4.51. The van der Waals surface area contributed by atoms with E-state index < -0.39 is 4.92 Å². The third kappa shape index (κ3) is 2.71. The molecule has 0 unspecified atom stereocenters. The van der Waals surface area contributed by atoms with E-state index in [9.17, 15) is 15.4 Å². The molecule has 0 radical (unpaired) electrons. The fraction of sp³-hybridized carbons (Fsp3) is 0. The number of non-ortho nitro benzene ring substituents is 1. The number of hydrogen-bond acceptors (Lipinski definition) is 5. The van der Waals surface area contributed by atoms with E-state index in [0.717, 1.165) is 15.8 Å². The summed E-state index contributed by atoms with van der Waals surface area (Å²) in [7, 11) is 0. The Bertz CT molecular complexity index is 887. The van der Waals surface area contributed by atoms with Gasteiger partial charge in [-0.05, 0) is 35.9 Å². The molecule has 3 aromatic rings. The number of allylic oxidation sites excluding steroid dienone is 1. The number of nitriles is 1. The van der Waals surface area contributed by atoms with Gasteiger partial charge in [0.2, 0.25) is 0 Å². The molecular weight excluding hydrogens is 298 g/mol. The molecule has 0 bridgehead atoms. The summed E-state index contributed by atoms with van der Waals surface area (Å²) in [6, 6.07) is 15.9. The normalized spacial score (nSPS) is 11.3. The van der Waals surface area contributed by atoms with E-state index in [-0.39, 0.29) is 5.69 Å². The maximum atomic E-state index is 10.6. The van der Waals surface area contributed by atoms with Crippen LogP contribution < -0.4 is 0 Å². The van der Waals surface area contributed by atoms with Gasteiger partial charge >= 0.3 is 0 Å². The molecule has 5 nitrogen and oxygen atoms in total. The zero-order valence-corrected chi connectivity index (χ0v) is 12.1. The van der Waals surface area contributed by atoms with Crippen molar-refractivity contribution in [2.45, 2.75) is 0 Å². The van der Waals surface area contributed by atoms with Crippen LogP contribution in [0.2, 0.25) is 0 Å². The van der Waals surface area contributed by atoms with Crippen LogP contribution in [0, 0.1) is 21.4 Å². The van der Waals surface area contributed by atoms with Gasteiger partial charge in [0.15, 0.2) is 0 Å². The second-order valence-corrected chi connectivity index (χ2v) is 5.54. The van der Waals surface area contributed by atoms with E-state index in [1.165, 1.54) is 23.5 Å². The van der Waals surface area contributed by atoms with Crippen molar-refractivity contribution in [1.82, 2.24) is 4.98 Å². The fourth-order valence-corrected chi connectivity index (χ4v) is 2.92. The van der Waals surface area contributed by atoms with Crippen molar-refractivity contribution in [3.8, 4) is 6.07 Å². The van der Waals surface area contributed by atoms with E-state index >= 15 is 0 Å². The topological polar surface area (TPSA) is 79.8 Å². The highest BCUT2D eigenvalue weighted by Crippen LogP contribution is 2.28. The van der Waals surface area contributed by atoms with Crippen LogP contribution in [-0.4, -0.2) is 9.91 Å². The molecule has 0 saturated heterocycles. The predicted molar refractivity (Wildman–Crippen MR) is 86.2 cm³/mol. The Hall–Kier alpha value is -3.04. The summed E-state index contributed by atoms with van der Waals surface area (Å²) in [6.07, 6.45) is 1.68. The lowest BCUT2D eigenvalue weighted by Gasteiger charge is -1.95. The Labute approximate surface area is 129 Å². The van der Waals surface area contributed by atoms with Gasteiger partial charge in [0.05, 0.1) is 20.7 Å². The third-order valence-electron chi connectivity index (χ3n) is 3.06. The number of nitrogens with zero attached hydrogens (tertiary/aromatic N) is 3. The molecule has 1 aromatic heterocycles. The quantitative estimate of drug-likeness (QED) is 0.411. The van der Waals surface area contributed by atoms with Crippen molar-refractivity contribution in [3.05, 3.63) is 69.2 Å². The monoisotopic (exact) mass is 307 g/mol. The first kappa shape index (κ1) is 13.9. The summed E-state index contributed by atoms with van der Waals surface area (Å²) in [5.74, 6) is 0.